The SMILES string of the molecule is CCCCC(CC)OC/C=C\CCl. The molecule has 0 saturated heterocycles. The molecular weight excluding hydrogens is 184 g/mol. The number of allylic oxidation sites excluding steroid dienone is 1. The normalized spacial score (nSPS) is 13.8. The van der Waals surface area contributed by atoms with E-state index in [4.69, 9.17) is 16.3 Å². The maximum absolute atomic E-state index is 5.65. The van der Waals surface area contributed by atoms with E-state index in [1.54, 1.807) is 0 Å². The van der Waals surface area contributed by atoms with E-state index in [2.05, 4.69) is 13.8 Å². The quantitative estimate of drug-likeness (QED) is 0.432. The van der Waals surface area contributed by atoms with Crippen LogP contribution in [0.4, 0.5) is 0 Å². The van der Waals surface area contributed by atoms with Crippen LogP contribution >= 0.6 is 11.6 Å². The molecule has 0 aromatic rings. The largest absolute Gasteiger partial charge is 0.374 e. The highest BCUT2D eigenvalue weighted by Crippen LogP contribution is 2.08. The Hall–Kier alpha value is -0.0100. The van der Waals surface area contributed by atoms with Crippen molar-refractivity contribution >= 4 is 11.6 Å². The van der Waals surface area contributed by atoms with Gasteiger partial charge in [0, 0.05) is 5.88 Å². The molecule has 0 rings (SSSR count). The summed E-state index contributed by atoms with van der Waals surface area (Å²) in [6, 6.07) is 0. The standard InChI is InChI=1S/C11H21ClO/c1-3-5-8-11(4-2)13-10-7-6-9-12/h6-7,11H,3-5,8-10H2,1-2H3/b7-6-. The van der Waals surface area contributed by atoms with Gasteiger partial charge in [-0.1, -0.05) is 38.8 Å². The molecule has 0 aromatic heterocycles. The topological polar surface area (TPSA) is 9.23 Å². The molecule has 0 amide bonds. The molecule has 13 heavy (non-hydrogen) atoms. The Balaban J connectivity index is 3.41. The van der Waals surface area contributed by atoms with E-state index in [9.17, 15) is 0 Å². The highest BCUT2D eigenvalue weighted by atomic mass is 35.5. The molecule has 0 spiro atoms. The summed E-state index contributed by atoms with van der Waals surface area (Å²) in [4.78, 5) is 0. The van der Waals surface area contributed by atoms with E-state index >= 15 is 0 Å². The van der Waals surface area contributed by atoms with E-state index < -0.39 is 0 Å². The van der Waals surface area contributed by atoms with Crippen LogP contribution in [0.15, 0.2) is 12.2 Å². The Morgan fingerprint density at radius 1 is 1.31 bits per heavy atom. The van der Waals surface area contributed by atoms with Crippen LogP contribution in [0.2, 0.25) is 0 Å². The van der Waals surface area contributed by atoms with Crippen molar-refractivity contribution in [3.8, 4) is 0 Å². The molecule has 1 atom stereocenters. The highest BCUT2D eigenvalue weighted by Gasteiger charge is 2.03. The van der Waals surface area contributed by atoms with Crippen LogP contribution in [0.25, 0.3) is 0 Å². The molecule has 0 saturated carbocycles. The molecule has 0 aliphatic rings. The van der Waals surface area contributed by atoms with Crippen molar-refractivity contribution in [1.82, 2.24) is 0 Å². The molecule has 78 valence electrons. The van der Waals surface area contributed by atoms with Crippen LogP contribution in [-0.4, -0.2) is 18.6 Å². The van der Waals surface area contributed by atoms with Gasteiger partial charge in [0.05, 0.1) is 12.7 Å². The van der Waals surface area contributed by atoms with Crippen LogP contribution in [0, 0.1) is 0 Å². The van der Waals surface area contributed by atoms with Gasteiger partial charge in [0.15, 0.2) is 0 Å². The van der Waals surface area contributed by atoms with Gasteiger partial charge in [-0.05, 0) is 12.8 Å². The number of alkyl halides is 1. The van der Waals surface area contributed by atoms with Gasteiger partial charge in [0.25, 0.3) is 0 Å². The molecule has 0 aromatic carbocycles. The zero-order chi connectivity index (χ0) is 9.94. The van der Waals surface area contributed by atoms with Crippen LogP contribution in [0.1, 0.15) is 39.5 Å². The molecule has 2 heteroatoms. The molecule has 1 unspecified atom stereocenters. The number of unbranched alkanes of at least 4 members (excludes halogenated alkanes) is 1. The van der Waals surface area contributed by atoms with E-state index in [-0.39, 0.29) is 0 Å². The lowest BCUT2D eigenvalue weighted by Crippen LogP contribution is -2.11. The third kappa shape index (κ3) is 8.32. The van der Waals surface area contributed by atoms with Gasteiger partial charge in [-0.3, -0.25) is 0 Å². The van der Waals surface area contributed by atoms with E-state index in [0.29, 0.717) is 18.6 Å². The first kappa shape index (κ1) is 13.0. The van der Waals surface area contributed by atoms with Crippen LogP contribution in [-0.2, 0) is 4.74 Å². The first-order valence-corrected chi connectivity index (χ1v) is 5.71. The highest BCUT2D eigenvalue weighted by molar-refractivity contribution is 6.18. The summed E-state index contributed by atoms with van der Waals surface area (Å²) in [5.41, 5.74) is 0. The van der Waals surface area contributed by atoms with Gasteiger partial charge in [-0.15, -0.1) is 11.6 Å². The van der Waals surface area contributed by atoms with Gasteiger partial charge in [-0.2, -0.15) is 0 Å². The van der Waals surface area contributed by atoms with E-state index in [1.807, 2.05) is 12.2 Å². The molecule has 0 fully saturated rings. The predicted molar refractivity (Wildman–Crippen MR) is 59.4 cm³/mol. The van der Waals surface area contributed by atoms with Gasteiger partial charge in [0.1, 0.15) is 0 Å². The van der Waals surface area contributed by atoms with Crippen molar-refractivity contribution in [3.05, 3.63) is 12.2 Å². The molecular formula is C11H21ClO. The van der Waals surface area contributed by atoms with Gasteiger partial charge >= 0.3 is 0 Å². The Bertz CT molecular complexity index is 123. The summed E-state index contributed by atoms with van der Waals surface area (Å²) in [5.74, 6) is 0.578. The van der Waals surface area contributed by atoms with Gasteiger partial charge < -0.3 is 4.74 Å². The second-order valence-electron chi connectivity index (χ2n) is 3.13. The number of hydrogen-bond acceptors (Lipinski definition) is 1. The fourth-order valence-electron chi connectivity index (χ4n) is 1.16. The Kier molecular flexibility index (Phi) is 10.1. The zero-order valence-electron chi connectivity index (χ0n) is 8.76. The molecule has 0 N–H and O–H groups in total. The van der Waals surface area contributed by atoms with Crippen molar-refractivity contribution in [1.29, 1.82) is 0 Å². The van der Waals surface area contributed by atoms with Crippen molar-refractivity contribution in [2.24, 2.45) is 0 Å². The summed E-state index contributed by atoms with van der Waals surface area (Å²) >= 11 is 5.49. The minimum absolute atomic E-state index is 0.430. The maximum atomic E-state index is 5.65. The van der Waals surface area contributed by atoms with Gasteiger partial charge in [-0.25, -0.2) is 0 Å². The third-order valence-electron chi connectivity index (χ3n) is 2.02. The lowest BCUT2D eigenvalue weighted by molar-refractivity contribution is 0.0633. The van der Waals surface area contributed by atoms with Gasteiger partial charge in [0.2, 0.25) is 0 Å². The fraction of sp³-hybridized carbons (Fsp3) is 0.818. The third-order valence-corrected chi connectivity index (χ3v) is 2.20. The molecule has 0 radical (unpaired) electrons. The van der Waals surface area contributed by atoms with Crippen LogP contribution in [0.3, 0.4) is 0 Å². The zero-order valence-corrected chi connectivity index (χ0v) is 9.52. The lowest BCUT2D eigenvalue weighted by Gasteiger charge is -2.13. The van der Waals surface area contributed by atoms with E-state index in [0.717, 1.165) is 6.42 Å². The number of ether oxygens (including phenoxy) is 1. The summed E-state index contributed by atoms with van der Waals surface area (Å²) in [7, 11) is 0. The lowest BCUT2D eigenvalue weighted by atomic mass is 10.1. The van der Waals surface area contributed by atoms with Crippen LogP contribution in [0.5, 0.6) is 0 Å². The van der Waals surface area contributed by atoms with Crippen molar-refractivity contribution < 1.29 is 4.74 Å². The minimum Gasteiger partial charge on any atom is -0.374 e. The maximum Gasteiger partial charge on any atom is 0.0651 e. The molecule has 0 bridgehead atoms. The molecule has 0 heterocycles. The van der Waals surface area contributed by atoms with E-state index in [1.165, 1.54) is 19.3 Å². The first-order valence-electron chi connectivity index (χ1n) is 5.17. The average molecular weight is 205 g/mol. The molecule has 1 nitrogen and oxygen atoms in total. The fourth-order valence-corrected chi connectivity index (χ4v) is 1.29. The number of hydrogen-bond donors (Lipinski definition) is 0. The number of halogens is 1. The Morgan fingerprint density at radius 3 is 2.62 bits per heavy atom. The van der Waals surface area contributed by atoms with Crippen LogP contribution < -0.4 is 0 Å². The Morgan fingerprint density at radius 2 is 2.08 bits per heavy atom. The second-order valence-corrected chi connectivity index (χ2v) is 3.44. The summed E-state index contributed by atoms with van der Waals surface area (Å²) in [5, 5.41) is 0. The summed E-state index contributed by atoms with van der Waals surface area (Å²) < 4.78 is 5.65. The molecule has 0 aliphatic heterocycles. The Labute approximate surface area is 87.1 Å². The van der Waals surface area contributed by atoms with Crippen molar-refractivity contribution in [2.45, 2.75) is 45.6 Å². The van der Waals surface area contributed by atoms with Crippen molar-refractivity contribution in [3.63, 3.8) is 0 Å². The predicted octanol–water partition coefficient (Wildman–Crippen LogP) is 3.77. The monoisotopic (exact) mass is 204 g/mol. The second kappa shape index (κ2) is 10.1. The number of rotatable bonds is 8. The summed E-state index contributed by atoms with van der Waals surface area (Å²) in [6.45, 7) is 5.08. The smallest absolute Gasteiger partial charge is 0.0651 e. The minimum atomic E-state index is 0.430. The van der Waals surface area contributed by atoms with Crippen molar-refractivity contribution in [2.75, 3.05) is 12.5 Å². The summed E-state index contributed by atoms with van der Waals surface area (Å²) in [6.07, 6.45) is 9.14. The average Bonchev–Trinajstić information content (AvgIpc) is 2.17. The molecule has 0 aliphatic carbocycles. The first-order chi connectivity index (χ1) is 6.35.